The minimum atomic E-state index is 0.0600. The lowest BCUT2D eigenvalue weighted by molar-refractivity contribution is 0.0763. The number of carbonyl (C=O) groups is 1. The molecule has 0 N–H and O–H groups in total. The van der Waals surface area contributed by atoms with E-state index in [4.69, 9.17) is 11.6 Å². The first-order chi connectivity index (χ1) is 8.60. The molecule has 0 aromatic heterocycles. The van der Waals surface area contributed by atoms with Crippen molar-refractivity contribution in [3.63, 3.8) is 0 Å². The Morgan fingerprint density at radius 1 is 1.39 bits per heavy atom. The average molecular weight is 333 g/mol. The molecule has 0 saturated carbocycles. The molecule has 0 aliphatic carbocycles. The van der Waals surface area contributed by atoms with Gasteiger partial charge in [-0.2, -0.15) is 0 Å². The number of halogens is 2. The first-order valence-corrected chi connectivity index (χ1v) is 7.54. The van der Waals surface area contributed by atoms with E-state index in [1.165, 1.54) is 0 Å². The fourth-order valence-electron chi connectivity index (χ4n) is 1.67. The number of rotatable bonds is 6. The molecule has 0 radical (unpaired) electrons. The third kappa shape index (κ3) is 4.29. The molecule has 2 nitrogen and oxygen atoms in total. The van der Waals surface area contributed by atoms with Crippen LogP contribution in [-0.4, -0.2) is 29.8 Å². The second kappa shape index (κ2) is 7.80. The number of amides is 1. The zero-order valence-corrected chi connectivity index (χ0v) is 13.2. The fraction of sp³-hybridized carbons (Fsp3) is 0.500. The van der Waals surface area contributed by atoms with Crippen LogP contribution in [0.1, 0.15) is 35.7 Å². The van der Waals surface area contributed by atoms with Crippen molar-refractivity contribution in [3.05, 3.63) is 33.8 Å². The highest BCUT2D eigenvalue weighted by Crippen LogP contribution is 2.18. The lowest BCUT2D eigenvalue weighted by atomic mass is 10.1. The molecule has 1 aromatic rings. The quantitative estimate of drug-likeness (QED) is 0.714. The molecule has 0 aliphatic heterocycles. The smallest absolute Gasteiger partial charge is 0.253 e. The Morgan fingerprint density at radius 2 is 2.11 bits per heavy atom. The number of benzene rings is 1. The lowest BCUT2D eigenvalue weighted by Crippen LogP contribution is -2.33. The second-order valence-corrected chi connectivity index (χ2v) is 5.53. The van der Waals surface area contributed by atoms with Crippen molar-refractivity contribution >= 4 is 33.4 Å². The Bertz CT molecular complexity index is 409. The van der Waals surface area contributed by atoms with Crippen LogP contribution < -0.4 is 0 Å². The molecule has 1 amide bonds. The predicted molar refractivity (Wildman–Crippen MR) is 80.4 cm³/mol. The number of hydrogen-bond donors (Lipinski definition) is 0. The number of alkyl halides is 1. The number of hydrogen-bond acceptors (Lipinski definition) is 1. The van der Waals surface area contributed by atoms with Crippen molar-refractivity contribution < 1.29 is 4.79 Å². The van der Waals surface area contributed by atoms with Crippen molar-refractivity contribution in [2.45, 2.75) is 26.7 Å². The Kier molecular flexibility index (Phi) is 6.72. The summed E-state index contributed by atoms with van der Waals surface area (Å²) in [4.78, 5) is 14.2. The first-order valence-electron chi connectivity index (χ1n) is 6.21. The van der Waals surface area contributed by atoms with Crippen molar-refractivity contribution in [3.8, 4) is 0 Å². The number of aryl methyl sites for hydroxylation is 1. The largest absolute Gasteiger partial charge is 0.337 e. The summed E-state index contributed by atoms with van der Waals surface area (Å²) in [5.74, 6) is 0.535. The molecule has 100 valence electrons. The van der Waals surface area contributed by atoms with Gasteiger partial charge in [0.05, 0.1) is 0 Å². The Balaban J connectivity index is 2.83. The minimum absolute atomic E-state index is 0.0600. The molecule has 1 aromatic carbocycles. The van der Waals surface area contributed by atoms with E-state index in [0.717, 1.165) is 29.4 Å². The maximum Gasteiger partial charge on any atom is 0.253 e. The normalized spacial score (nSPS) is 10.4. The number of carbonyl (C=O) groups excluding carboxylic acids is 1. The van der Waals surface area contributed by atoms with Crippen LogP contribution in [0.3, 0.4) is 0 Å². The SMILES string of the molecule is CCCCN(CCCl)C(=O)c1ccc(C)c(Br)c1. The van der Waals surface area contributed by atoms with Gasteiger partial charge >= 0.3 is 0 Å². The van der Waals surface area contributed by atoms with E-state index in [1.54, 1.807) is 0 Å². The van der Waals surface area contributed by atoms with E-state index in [-0.39, 0.29) is 5.91 Å². The number of unbranched alkanes of at least 4 members (excludes halogenated alkanes) is 1. The van der Waals surface area contributed by atoms with Crippen LogP contribution >= 0.6 is 27.5 Å². The predicted octanol–water partition coefficient (Wildman–Crippen LogP) is 4.24. The van der Waals surface area contributed by atoms with E-state index in [1.807, 2.05) is 30.0 Å². The van der Waals surface area contributed by atoms with Crippen LogP contribution in [0.25, 0.3) is 0 Å². The molecule has 0 bridgehead atoms. The van der Waals surface area contributed by atoms with Crippen LogP contribution in [0, 0.1) is 6.92 Å². The van der Waals surface area contributed by atoms with Crippen LogP contribution in [-0.2, 0) is 0 Å². The Hall–Kier alpha value is -0.540. The topological polar surface area (TPSA) is 20.3 Å². The van der Waals surface area contributed by atoms with E-state index in [9.17, 15) is 4.79 Å². The van der Waals surface area contributed by atoms with Crippen LogP contribution in [0.15, 0.2) is 22.7 Å². The zero-order valence-electron chi connectivity index (χ0n) is 10.9. The summed E-state index contributed by atoms with van der Waals surface area (Å²) in [5.41, 5.74) is 1.85. The van der Waals surface area contributed by atoms with Gasteiger partial charge in [0, 0.05) is 29.0 Å². The van der Waals surface area contributed by atoms with E-state index in [0.29, 0.717) is 18.0 Å². The number of nitrogens with zero attached hydrogens (tertiary/aromatic N) is 1. The van der Waals surface area contributed by atoms with Crippen molar-refractivity contribution in [1.29, 1.82) is 0 Å². The van der Waals surface area contributed by atoms with E-state index < -0.39 is 0 Å². The molecule has 0 heterocycles. The third-order valence-corrected chi connectivity index (χ3v) is 3.87. The summed E-state index contributed by atoms with van der Waals surface area (Å²) < 4.78 is 0.967. The lowest BCUT2D eigenvalue weighted by Gasteiger charge is -2.21. The molecule has 0 spiro atoms. The van der Waals surface area contributed by atoms with Crippen LogP contribution in [0.4, 0.5) is 0 Å². The molecular formula is C14H19BrClNO. The molecular weight excluding hydrogens is 314 g/mol. The Morgan fingerprint density at radius 3 is 2.67 bits per heavy atom. The first kappa shape index (κ1) is 15.5. The van der Waals surface area contributed by atoms with Gasteiger partial charge in [-0.15, -0.1) is 11.6 Å². The van der Waals surface area contributed by atoms with Gasteiger partial charge < -0.3 is 4.90 Å². The average Bonchev–Trinajstić information content (AvgIpc) is 2.37. The second-order valence-electron chi connectivity index (χ2n) is 4.30. The van der Waals surface area contributed by atoms with Crippen molar-refractivity contribution in [2.75, 3.05) is 19.0 Å². The van der Waals surface area contributed by atoms with Crippen molar-refractivity contribution in [2.24, 2.45) is 0 Å². The van der Waals surface area contributed by atoms with Crippen molar-refractivity contribution in [1.82, 2.24) is 4.90 Å². The summed E-state index contributed by atoms with van der Waals surface area (Å²) in [6.07, 6.45) is 2.08. The highest BCUT2D eigenvalue weighted by molar-refractivity contribution is 9.10. The van der Waals surface area contributed by atoms with Gasteiger partial charge in [0.1, 0.15) is 0 Å². The van der Waals surface area contributed by atoms with Gasteiger partial charge in [0.25, 0.3) is 5.91 Å². The summed E-state index contributed by atoms with van der Waals surface area (Å²) in [7, 11) is 0. The molecule has 4 heteroatoms. The molecule has 0 saturated heterocycles. The summed E-state index contributed by atoms with van der Waals surface area (Å²) in [5, 5.41) is 0. The molecule has 1 rings (SSSR count). The molecule has 0 atom stereocenters. The highest BCUT2D eigenvalue weighted by Gasteiger charge is 2.15. The molecule has 0 aliphatic rings. The van der Waals surface area contributed by atoms with Gasteiger partial charge in [-0.1, -0.05) is 35.3 Å². The summed E-state index contributed by atoms with van der Waals surface area (Å²) >= 11 is 9.22. The van der Waals surface area contributed by atoms with Gasteiger partial charge in [-0.3, -0.25) is 4.79 Å². The standard InChI is InChI=1S/C14H19BrClNO/c1-3-4-8-17(9-7-16)14(18)12-6-5-11(2)13(15)10-12/h5-6,10H,3-4,7-9H2,1-2H3. The van der Waals surface area contributed by atoms with Gasteiger partial charge in [0.15, 0.2) is 0 Å². The maximum absolute atomic E-state index is 12.4. The molecule has 0 fully saturated rings. The monoisotopic (exact) mass is 331 g/mol. The summed E-state index contributed by atoms with van der Waals surface area (Å²) in [6, 6.07) is 5.70. The minimum Gasteiger partial charge on any atom is -0.337 e. The highest BCUT2D eigenvalue weighted by atomic mass is 79.9. The fourth-order valence-corrected chi connectivity index (χ4v) is 2.26. The van der Waals surface area contributed by atoms with E-state index in [2.05, 4.69) is 22.9 Å². The Labute approximate surface area is 122 Å². The molecule has 18 heavy (non-hydrogen) atoms. The van der Waals surface area contributed by atoms with Crippen LogP contribution in [0.5, 0.6) is 0 Å². The maximum atomic E-state index is 12.4. The van der Waals surface area contributed by atoms with Gasteiger partial charge in [-0.05, 0) is 31.0 Å². The van der Waals surface area contributed by atoms with Gasteiger partial charge in [0.2, 0.25) is 0 Å². The van der Waals surface area contributed by atoms with Crippen LogP contribution in [0.2, 0.25) is 0 Å². The zero-order chi connectivity index (χ0) is 13.5. The summed E-state index contributed by atoms with van der Waals surface area (Å²) in [6.45, 7) is 5.50. The molecule has 0 unspecified atom stereocenters. The third-order valence-electron chi connectivity index (χ3n) is 2.84. The van der Waals surface area contributed by atoms with E-state index >= 15 is 0 Å². The van der Waals surface area contributed by atoms with Gasteiger partial charge in [-0.25, -0.2) is 0 Å².